The molecule has 0 saturated carbocycles. The highest BCUT2D eigenvalue weighted by atomic mass is 32.2. The summed E-state index contributed by atoms with van der Waals surface area (Å²) >= 11 is 1.91. The van der Waals surface area contributed by atoms with Gasteiger partial charge in [-0.05, 0) is 43.4 Å². The van der Waals surface area contributed by atoms with Crippen LogP contribution in [0, 0.1) is 0 Å². The molecule has 1 nitrogen and oxygen atoms in total. The zero-order valence-electron chi connectivity index (χ0n) is 12.2. The van der Waals surface area contributed by atoms with E-state index < -0.39 is 0 Å². The molecule has 0 heterocycles. The highest BCUT2D eigenvalue weighted by Crippen LogP contribution is 2.26. The summed E-state index contributed by atoms with van der Waals surface area (Å²) < 4.78 is 0.277. The first kappa shape index (κ1) is 14.4. The molecule has 2 heteroatoms. The predicted molar refractivity (Wildman–Crippen MR) is 88.0 cm³/mol. The molecular formula is C17H23NS. The second-order valence-electron chi connectivity index (χ2n) is 5.63. The van der Waals surface area contributed by atoms with Crippen molar-refractivity contribution in [2.45, 2.75) is 31.6 Å². The fraction of sp³-hybridized carbons (Fsp3) is 0.412. The molecule has 0 spiro atoms. The molecule has 2 aromatic carbocycles. The van der Waals surface area contributed by atoms with Crippen molar-refractivity contribution in [3.8, 4) is 0 Å². The molecule has 1 N–H and O–H groups in total. The van der Waals surface area contributed by atoms with E-state index in [0.717, 1.165) is 6.54 Å². The highest BCUT2D eigenvalue weighted by Gasteiger charge is 2.17. The average Bonchev–Trinajstić information content (AvgIpc) is 2.44. The quantitative estimate of drug-likeness (QED) is 0.852. The van der Waals surface area contributed by atoms with Gasteiger partial charge in [0.15, 0.2) is 0 Å². The Morgan fingerprint density at radius 3 is 2.53 bits per heavy atom. The molecule has 19 heavy (non-hydrogen) atoms. The van der Waals surface area contributed by atoms with Crippen LogP contribution in [0.1, 0.15) is 32.4 Å². The summed E-state index contributed by atoms with van der Waals surface area (Å²) in [5.74, 6) is 0. The Morgan fingerprint density at radius 1 is 1.11 bits per heavy atom. The third-order valence-corrected chi connectivity index (χ3v) is 4.93. The standard InChI is InChI=1S/C17H23NS/c1-13(18-12-17(2,3)19-4)15-11-7-9-14-8-5-6-10-16(14)15/h5-11,13,18H,12H2,1-4H3. The third-order valence-electron chi connectivity index (χ3n) is 3.68. The van der Waals surface area contributed by atoms with Crippen LogP contribution in [-0.4, -0.2) is 17.5 Å². The molecule has 1 atom stereocenters. The molecule has 0 radical (unpaired) electrons. The Kier molecular flexibility index (Phi) is 4.54. The summed E-state index contributed by atoms with van der Waals surface area (Å²) in [7, 11) is 0. The maximum absolute atomic E-state index is 3.66. The van der Waals surface area contributed by atoms with Crippen molar-refractivity contribution in [3.05, 3.63) is 48.0 Å². The van der Waals surface area contributed by atoms with Crippen LogP contribution in [0.2, 0.25) is 0 Å². The molecule has 0 aliphatic carbocycles. The Bertz CT molecular complexity index is 542. The van der Waals surface area contributed by atoms with E-state index in [1.807, 2.05) is 11.8 Å². The molecule has 0 aromatic heterocycles. The van der Waals surface area contributed by atoms with Crippen molar-refractivity contribution < 1.29 is 0 Å². The van der Waals surface area contributed by atoms with Crippen LogP contribution < -0.4 is 5.32 Å². The SMILES string of the molecule is CSC(C)(C)CNC(C)c1cccc2ccccc12. The zero-order valence-corrected chi connectivity index (χ0v) is 13.1. The van der Waals surface area contributed by atoms with E-state index in [9.17, 15) is 0 Å². The first-order chi connectivity index (χ1) is 9.03. The largest absolute Gasteiger partial charge is 0.309 e. The number of nitrogens with one attached hydrogen (secondary N) is 1. The van der Waals surface area contributed by atoms with Gasteiger partial charge in [-0.3, -0.25) is 0 Å². The van der Waals surface area contributed by atoms with E-state index in [1.54, 1.807) is 0 Å². The maximum Gasteiger partial charge on any atom is 0.0298 e. The van der Waals surface area contributed by atoms with Gasteiger partial charge in [0.2, 0.25) is 0 Å². The Balaban J connectivity index is 2.20. The molecule has 0 amide bonds. The van der Waals surface area contributed by atoms with Crippen molar-refractivity contribution in [2.24, 2.45) is 0 Å². The smallest absolute Gasteiger partial charge is 0.0298 e. The first-order valence-electron chi connectivity index (χ1n) is 6.80. The van der Waals surface area contributed by atoms with Gasteiger partial charge in [0.05, 0.1) is 0 Å². The molecule has 2 rings (SSSR count). The van der Waals surface area contributed by atoms with Crippen LogP contribution in [0.15, 0.2) is 42.5 Å². The minimum atomic E-state index is 0.277. The van der Waals surface area contributed by atoms with Gasteiger partial charge in [0.1, 0.15) is 0 Å². The monoisotopic (exact) mass is 273 g/mol. The molecule has 1 unspecified atom stereocenters. The highest BCUT2D eigenvalue weighted by molar-refractivity contribution is 7.99. The van der Waals surface area contributed by atoms with Gasteiger partial charge in [0, 0.05) is 17.3 Å². The summed E-state index contributed by atoms with van der Waals surface area (Å²) in [5, 5.41) is 6.33. The van der Waals surface area contributed by atoms with Crippen LogP contribution in [-0.2, 0) is 0 Å². The molecule has 2 aromatic rings. The molecule has 0 saturated heterocycles. The van der Waals surface area contributed by atoms with Crippen LogP contribution in [0.25, 0.3) is 10.8 Å². The maximum atomic E-state index is 3.66. The topological polar surface area (TPSA) is 12.0 Å². The van der Waals surface area contributed by atoms with E-state index in [-0.39, 0.29) is 4.75 Å². The summed E-state index contributed by atoms with van der Waals surface area (Å²) in [4.78, 5) is 0. The van der Waals surface area contributed by atoms with Crippen molar-refractivity contribution in [1.82, 2.24) is 5.32 Å². The van der Waals surface area contributed by atoms with Gasteiger partial charge in [-0.25, -0.2) is 0 Å². The minimum Gasteiger partial charge on any atom is -0.309 e. The van der Waals surface area contributed by atoms with Crippen molar-refractivity contribution in [2.75, 3.05) is 12.8 Å². The number of thioether (sulfide) groups is 1. The molecular weight excluding hydrogens is 250 g/mol. The second-order valence-corrected chi connectivity index (χ2v) is 7.15. The minimum absolute atomic E-state index is 0.277. The van der Waals surface area contributed by atoms with Crippen LogP contribution in [0.4, 0.5) is 0 Å². The van der Waals surface area contributed by atoms with Crippen LogP contribution in [0.3, 0.4) is 0 Å². The number of rotatable bonds is 5. The van der Waals surface area contributed by atoms with Gasteiger partial charge in [-0.15, -0.1) is 0 Å². The van der Waals surface area contributed by atoms with Gasteiger partial charge in [-0.1, -0.05) is 42.5 Å². The fourth-order valence-corrected chi connectivity index (χ4v) is 2.44. The van der Waals surface area contributed by atoms with E-state index in [1.165, 1.54) is 16.3 Å². The lowest BCUT2D eigenvalue weighted by molar-refractivity contribution is 0.525. The Labute approximate surface area is 120 Å². The van der Waals surface area contributed by atoms with E-state index in [0.29, 0.717) is 6.04 Å². The van der Waals surface area contributed by atoms with Crippen molar-refractivity contribution >= 4 is 22.5 Å². The van der Waals surface area contributed by atoms with Gasteiger partial charge < -0.3 is 5.32 Å². The fourth-order valence-electron chi connectivity index (χ4n) is 2.21. The summed E-state index contributed by atoms with van der Waals surface area (Å²) in [5.41, 5.74) is 1.38. The normalized spacial score (nSPS) is 13.7. The summed E-state index contributed by atoms with van der Waals surface area (Å²) in [6.45, 7) is 7.82. The Hall–Kier alpha value is -0.990. The Morgan fingerprint density at radius 2 is 1.79 bits per heavy atom. The summed E-state index contributed by atoms with van der Waals surface area (Å²) in [6, 6.07) is 15.5. The second kappa shape index (κ2) is 5.98. The number of benzene rings is 2. The van der Waals surface area contributed by atoms with Crippen LogP contribution >= 0.6 is 11.8 Å². The lowest BCUT2D eigenvalue weighted by Gasteiger charge is -2.26. The first-order valence-corrected chi connectivity index (χ1v) is 8.02. The van der Waals surface area contributed by atoms with Gasteiger partial charge >= 0.3 is 0 Å². The van der Waals surface area contributed by atoms with Crippen LogP contribution in [0.5, 0.6) is 0 Å². The van der Waals surface area contributed by atoms with E-state index in [4.69, 9.17) is 0 Å². The molecule has 0 fully saturated rings. The van der Waals surface area contributed by atoms with E-state index >= 15 is 0 Å². The van der Waals surface area contributed by atoms with Gasteiger partial charge in [0.25, 0.3) is 0 Å². The number of hydrogen-bond acceptors (Lipinski definition) is 2. The lowest BCUT2D eigenvalue weighted by Crippen LogP contribution is -2.33. The zero-order chi connectivity index (χ0) is 13.9. The van der Waals surface area contributed by atoms with Gasteiger partial charge in [-0.2, -0.15) is 11.8 Å². The van der Waals surface area contributed by atoms with Crippen molar-refractivity contribution in [3.63, 3.8) is 0 Å². The average molecular weight is 273 g/mol. The molecule has 0 aliphatic rings. The van der Waals surface area contributed by atoms with Crippen molar-refractivity contribution in [1.29, 1.82) is 0 Å². The number of hydrogen-bond donors (Lipinski definition) is 1. The summed E-state index contributed by atoms with van der Waals surface area (Å²) in [6.07, 6.45) is 2.17. The predicted octanol–water partition coefficient (Wildman–Crippen LogP) is 4.63. The third kappa shape index (κ3) is 3.52. The van der Waals surface area contributed by atoms with E-state index in [2.05, 4.69) is 74.8 Å². The molecule has 0 aliphatic heterocycles. The number of fused-ring (bicyclic) bond motifs is 1. The molecule has 0 bridgehead atoms. The lowest BCUT2D eigenvalue weighted by atomic mass is 9.99. The molecule has 102 valence electrons.